The predicted octanol–water partition coefficient (Wildman–Crippen LogP) is 3.60. The standard InChI is InChI=1S/C28H40O6/c1-15-12-22(34-25(32)17(15)13-29)16(2)19-6-7-20-18-14-33-28(5)24(31)9-8-23(30)27(28,4)21(18)10-11-26(19,20)3/h8-9,16,18-22,24,29,31H,6-7,10-14H2,1-5H3/t16-,18-,19?,20-,21-,22+,24-,26+,27-,28-/m0/s1. The number of hydrogen-bond acceptors (Lipinski definition) is 6. The third kappa shape index (κ3) is 3.04. The maximum absolute atomic E-state index is 13.3. The molecule has 0 amide bonds. The fourth-order valence-corrected chi connectivity index (χ4v) is 8.88. The number of esters is 1. The summed E-state index contributed by atoms with van der Waals surface area (Å²) in [5, 5.41) is 20.3. The van der Waals surface area contributed by atoms with Crippen molar-refractivity contribution in [1.29, 1.82) is 0 Å². The summed E-state index contributed by atoms with van der Waals surface area (Å²) in [6.07, 6.45) is 7.06. The summed E-state index contributed by atoms with van der Waals surface area (Å²) in [6.45, 7) is 10.8. The van der Waals surface area contributed by atoms with Gasteiger partial charge in [-0.1, -0.05) is 19.4 Å². The lowest BCUT2D eigenvalue weighted by molar-refractivity contribution is -0.254. The van der Waals surface area contributed by atoms with Crippen LogP contribution in [0.25, 0.3) is 0 Å². The zero-order valence-corrected chi connectivity index (χ0v) is 21.2. The van der Waals surface area contributed by atoms with E-state index in [0.29, 0.717) is 30.4 Å². The Balaban J connectivity index is 1.40. The Morgan fingerprint density at radius 2 is 1.88 bits per heavy atom. The summed E-state index contributed by atoms with van der Waals surface area (Å²) < 4.78 is 12.3. The van der Waals surface area contributed by atoms with E-state index in [-0.39, 0.29) is 47.6 Å². The molecular formula is C28H40O6. The molecule has 0 aromatic rings. The summed E-state index contributed by atoms with van der Waals surface area (Å²) in [5.41, 5.74) is -0.167. The van der Waals surface area contributed by atoms with Gasteiger partial charge in [0.15, 0.2) is 5.78 Å². The van der Waals surface area contributed by atoms with E-state index < -0.39 is 17.1 Å². The number of rotatable bonds is 3. The molecule has 0 spiro atoms. The average molecular weight is 473 g/mol. The summed E-state index contributed by atoms with van der Waals surface area (Å²) in [7, 11) is 0. The van der Waals surface area contributed by atoms with Gasteiger partial charge in [-0.3, -0.25) is 4.79 Å². The molecule has 5 rings (SSSR count). The molecule has 6 nitrogen and oxygen atoms in total. The highest BCUT2D eigenvalue weighted by Crippen LogP contribution is 2.67. The van der Waals surface area contributed by atoms with Crippen LogP contribution in [-0.2, 0) is 19.1 Å². The molecule has 1 unspecified atom stereocenters. The quantitative estimate of drug-likeness (QED) is 0.610. The van der Waals surface area contributed by atoms with Crippen molar-refractivity contribution in [3.8, 4) is 0 Å². The van der Waals surface area contributed by atoms with Crippen molar-refractivity contribution in [3.05, 3.63) is 23.3 Å². The number of ketones is 1. The van der Waals surface area contributed by atoms with Crippen molar-refractivity contribution in [2.24, 2.45) is 40.4 Å². The second-order valence-corrected chi connectivity index (χ2v) is 12.3. The average Bonchev–Trinajstić information content (AvgIpc) is 3.15. The van der Waals surface area contributed by atoms with Crippen LogP contribution in [0.1, 0.15) is 66.7 Å². The van der Waals surface area contributed by atoms with Gasteiger partial charge in [0.05, 0.1) is 24.2 Å². The molecule has 188 valence electrons. The molecule has 3 aliphatic carbocycles. The van der Waals surface area contributed by atoms with Gasteiger partial charge in [-0.2, -0.15) is 0 Å². The predicted molar refractivity (Wildman–Crippen MR) is 127 cm³/mol. The van der Waals surface area contributed by atoms with Crippen LogP contribution in [0.5, 0.6) is 0 Å². The van der Waals surface area contributed by atoms with Crippen LogP contribution in [0.15, 0.2) is 23.3 Å². The summed E-state index contributed by atoms with van der Waals surface area (Å²) in [5.74, 6) is 1.27. The second-order valence-electron chi connectivity index (χ2n) is 12.3. The fraction of sp³-hybridized carbons (Fsp3) is 0.786. The maximum atomic E-state index is 13.3. The van der Waals surface area contributed by atoms with E-state index in [4.69, 9.17) is 9.47 Å². The largest absolute Gasteiger partial charge is 0.458 e. The molecule has 6 heteroatoms. The lowest BCUT2D eigenvalue weighted by Gasteiger charge is -2.63. The topological polar surface area (TPSA) is 93.1 Å². The molecule has 3 fully saturated rings. The monoisotopic (exact) mass is 472 g/mol. The highest BCUT2D eigenvalue weighted by molar-refractivity contribution is 5.97. The highest BCUT2D eigenvalue weighted by Gasteiger charge is 2.68. The third-order valence-corrected chi connectivity index (χ3v) is 11.3. The minimum atomic E-state index is -0.885. The minimum Gasteiger partial charge on any atom is -0.458 e. The number of aliphatic hydroxyl groups is 2. The van der Waals surface area contributed by atoms with E-state index >= 15 is 0 Å². The Labute approximate surface area is 202 Å². The molecule has 2 heterocycles. The number of hydrogen-bond donors (Lipinski definition) is 2. The van der Waals surface area contributed by atoms with Gasteiger partial charge in [-0.25, -0.2) is 4.79 Å². The maximum Gasteiger partial charge on any atom is 0.336 e. The van der Waals surface area contributed by atoms with Gasteiger partial charge < -0.3 is 19.7 Å². The number of aliphatic hydroxyl groups excluding tert-OH is 2. The molecule has 2 saturated carbocycles. The van der Waals surface area contributed by atoms with Crippen LogP contribution in [0.3, 0.4) is 0 Å². The van der Waals surface area contributed by atoms with Gasteiger partial charge in [0, 0.05) is 6.42 Å². The number of allylic oxidation sites excluding steroid dienone is 1. The minimum absolute atomic E-state index is 0.0811. The van der Waals surface area contributed by atoms with E-state index in [0.717, 1.165) is 31.3 Å². The van der Waals surface area contributed by atoms with Crippen LogP contribution < -0.4 is 0 Å². The lowest BCUT2D eigenvalue weighted by atomic mass is 9.46. The molecule has 2 N–H and O–H groups in total. The summed E-state index contributed by atoms with van der Waals surface area (Å²) in [4.78, 5) is 25.7. The molecule has 2 aliphatic heterocycles. The van der Waals surface area contributed by atoms with E-state index in [1.54, 1.807) is 12.2 Å². The van der Waals surface area contributed by atoms with Crippen LogP contribution in [0.4, 0.5) is 0 Å². The Hall–Kier alpha value is -1.50. The van der Waals surface area contributed by atoms with Gasteiger partial charge in [0.25, 0.3) is 0 Å². The molecule has 10 atom stereocenters. The van der Waals surface area contributed by atoms with Crippen molar-refractivity contribution < 1.29 is 29.3 Å². The molecule has 0 bridgehead atoms. The van der Waals surface area contributed by atoms with Gasteiger partial charge >= 0.3 is 5.97 Å². The number of ether oxygens (including phenoxy) is 2. The molecule has 5 aliphatic rings. The van der Waals surface area contributed by atoms with E-state index in [1.807, 2.05) is 20.8 Å². The van der Waals surface area contributed by atoms with Crippen LogP contribution in [-0.4, -0.2) is 53.0 Å². The molecule has 0 aromatic heterocycles. The Kier molecular flexibility index (Phi) is 5.70. The number of fused-ring (bicyclic) bond motifs is 5. The molecule has 1 saturated heterocycles. The summed E-state index contributed by atoms with van der Waals surface area (Å²) in [6, 6.07) is 0. The van der Waals surface area contributed by atoms with Gasteiger partial charge in [0.2, 0.25) is 0 Å². The zero-order valence-electron chi connectivity index (χ0n) is 21.2. The van der Waals surface area contributed by atoms with Crippen LogP contribution in [0, 0.1) is 40.4 Å². The van der Waals surface area contributed by atoms with Crippen molar-refractivity contribution in [2.75, 3.05) is 13.2 Å². The van der Waals surface area contributed by atoms with Crippen molar-refractivity contribution in [3.63, 3.8) is 0 Å². The van der Waals surface area contributed by atoms with E-state index in [9.17, 15) is 19.8 Å². The number of carbonyl (C=O) groups excluding carboxylic acids is 2. The van der Waals surface area contributed by atoms with Crippen LogP contribution in [0.2, 0.25) is 0 Å². The summed E-state index contributed by atoms with van der Waals surface area (Å²) >= 11 is 0. The normalized spacial score (nSPS) is 49.3. The first-order chi connectivity index (χ1) is 16.0. The molecule has 34 heavy (non-hydrogen) atoms. The first kappa shape index (κ1) is 24.2. The molecule has 0 aromatic carbocycles. The molecule has 0 radical (unpaired) electrons. The third-order valence-electron chi connectivity index (χ3n) is 11.3. The first-order valence-corrected chi connectivity index (χ1v) is 13.0. The molecular weight excluding hydrogens is 432 g/mol. The van der Waals surface area contributed by atoms with Crippen molar-refractivity contribution in [1.82, 2.24) is 0 Å². The lowest BCUT2D eigenvalue weighted by Crippen LogP contribution is -2.69. The van der Waals surface area contributed by atoms with E-state index in [1.165, 1.54) is 0 Å². The number of carbonyl (C=O) groups is 2. The van der Waals surface area contributed by atoms with Gasteiger partial charge in [0.1, 0.15) is 17.8 Å². The van der Waals surface area contributed by atoms with E-state index in [2.05, 4.69) is 13.8 Å². The smallest absolute Gasteiger partial charge is 0.336 e. The highest BCUT2D eigenvalue weighted by atomic mass is 16.5. The zero-order chi connectivity index (χ0) is 24.6. The fourth-order valence-electron chi connectivity index (χ4n) is 8.88. The Morgan fingerprint density at radius 1 is 1.15 bits per heavy atom. The Bertz CT molecular complexity index is 953. The first-order valence-electron chi connectivity index (χ1n) is 13.0. The van der Waals surface area contributed by atoms with Crippen LogP contribution >= 0.6 is 0 Å². The van der Waals surface area contributed by atoms with Crippen molar-refractivity contribution >= 4 is 11.8 Å². The second kappa shape index (κ2) is 8.01. The SMILES string of the molecule is CC1=C(CO)C(=O)O[C@@H]([C@@H](C)C2CC[C@H]3[C@@H]4CO[C@@]5(C)[C@@H](O)C=CC(=O)[C@]5(C)[C@H]4CC[C@]23C)C1. The van der Waals surface area contributed by atoms with Crippen molar-refractivity contribution in [2.45, 2.75) is 84.5 Å². The van der Waals surface area contributed by atoms with Gasteiger partial charge in [-0.15, -0.1) is 0 Å². The number of cyclic esters (lactones) is 1. The Morgan fingerprint density at radius 3 is 2.56 bits per heavy atom. The van der Waals surface area contributed by atoms with Gasteiger partial charge in [-0.05, 0) is 93.6 Å².